The fourth-order valence-electron chi connectivity index (χ4n) is 3.06. The molecular weight excluding hydrogens is 408 g/mol. The number of carbonyl (C=O) groups excluding carboxylic acids is 1. The second-order valence-electron chi connectivity index (χ2n) is 6.63. The minimum absolute atomic E-state index is 0.0788. The first-order valence-electron chi connectivity index (χ1n) is 9.06. The summed E-state index contributed by atoms with van der Waals surface area (Å²) in [4.78, 5) is 33.9. The van der Waals surface area contributed by atoms with Crippen molar-refractivity contribution >= 4 is 27.5 Å². The van der Waals surface area contributed by atoms with Crippen LogP contribution in [0.15, 0.2) is 63.9 Å². The number of fused-ring (bicyclic) bond motifs is 1. The van der Waals surface area contributed by atoms with E-state index in [-0.39, 0.29) is 29.0 Å². The normalized spacial score (nSPS) is 18.1. The van der Waals surface area contributed by atoms with Gasteiger partial charge in [0.15, 0.2) is 5.82 Å². The Bertz CT molecular complexity index is 1340. The Hall–Kier alpha value is -3.66. The van der Waals surface area contributed by atoms with Gasteiger partial charge in [-0.25, -0.2) is 19.4 Å². The number of carbonyl (C=O) groups is 1. The van der Waals surface area contributed by atoms with Crippen molar-refractivity contribution in [1.82, 2.24) is 19.7 Å². The Kier molecular flexibility index (Phi) is 4.47. The minimum Gasteiger partial charge on any atom is -0.471 e. The average Bonchev–Trinajstić information content (AvgIpc) is 3.16. The van der Waals surface area contributed by atoms with Gasteiger partial charge in [0.2, 0.25) is 5.88 Å². The first-order valence-corrected chi connectivity index (χ1v) is 10.5. The molecule has 0 radical (unpaired) electrons. The molecule has 30 heavy (non-hydrogen) atoms. The van der Waals surface area contributed by atoms with Crippen LogP contribution in [0, 0.1) is 0 Å². The first kappa shape index (κ1) is 18.4. The van der Waals surface area contributed by atoms with Gasteiger partial charge in [-0.05, 0) is 24.3 Å². The molecule has 5 rings (SSSR count). The molecule has 0 bridgehead atoms. The second kappa shape index (κ2) is 7.30. The Morgan fingerprint density at radius 1 is 1.17 bits per heavy atom. The lowest BCUT2D eigenvalue weighted by molar-refractivity contribution is 0.0990. The molecule has 0 unspecified atom stereocenters. The molecule has 1 aliphatic rings. The fraction of sp³-hybridized carbons (Fsp3) is 0.150. The van der Waals surface area contributed by atoms with E-state index in [2.05, 4.69) is 15.1 Å². The monoisotopic (exact) mass is 422 g/mol. The molecule has 0 N–H and O–H groups in total. The number of hydrogen-bond donors (Lipinski definition) is 0. The van der Waals surface area contributed by atoms with Crippen LogP contribution in [0.25, 0.3) is 16.7 Å². The lowest BCUT2D eigenvalue weighted by Gasteiger charge is -2.24. The zero-order chi connectivity index (χ0) is 20.7. The van der Waals surface area contributed by atoms with Crippen LogP contribution < -0.4 is 10.4 Å². The molecule has 0 atom stereocenters. The highest BCUT2D eigenvalue weighted by molar-refractivity contribution is 7.86. The molecule has 0 spiro atoms. The van der Waals surface area contributed by atoms with Crippen molar-refractivity contribution < 1.29 is 18.2 Å². The van der Waals surface area contributed by atoms with E-state index in [4.69, 9.17) is 9.15 Å². The Labute approximate surface area is 171 Å². The second-order valence-corrected chi connectivity index (χ2v) is 8.18. The van der Waals surface area contributed by atoms with Gasteiger partial charge in [-0.1, -0.05) is 18.2 Å². The van der Waals surface area contributed by atoms with Crippen molar-refractivity contribution in [1.29, 1.82) is 0 Å². The molecule has 1 aliphatic heterocycles. The molecule has 150 valence electrons. The van der Waals surface area contributed by atoms with Crippen molar-refractivity contribution in [2.75, 3.05) is 11.5 Å². The summed E-state index contributed by atoms with van der Waals surface area (Å²) >= 11 is 0. The molecule has 4 aromatic rings. The molecule has 0 amide bonds. The highest BCUT2D eigenvalue weighted by Crippen LogP contribution is 2.22. The molecule has 3 aromatic heterocycles. The largest absolute Gasteiger partial charge is 0.471 e. The summed E-state index contributed by atoms with van der Waals surface area (Å²) in [6.45, 7) is 0. The first-order chi connectivity index (χ1) is 14.6. The van der Waals surface area contributed by atoms with Crippen LogP contribution >= 0.6 is 0 Å². The lowest BCUT2D eigenvalue weighted by Crippen LogP contribution is -2.41. The molecular formula is C20H14N4O5S. The van der Waals surface area contributed by atoms with Crippen LogP contribution in [0.5, 0.6) is 5.88 Å². The predicted molar refractivity (Wildman–Crippen MR) is 107 cm³/mol. The SMILES string of the molecule is O=C(c1nc2ccccc2c(=O)o1)c1cc(OC2CS(=O)C2)nn1-c1ccccn1. The van der Waals surface area contributed by atoms with E-state index < -0.39 is 22.2 Å². The number of aromatic nitrogens is 4. The van der Waals surface area contributed by atoms with Gasteiger partial charge in [0.05, 0.1) is 22.4 Å². The number of benzene rings is 1. The summed E-state index contributed by atoms with van der Waals surface area (Å²) in [6, 6.07) is 13.2. The number of ketones is 1. The lowest BCUT2D eigenvalue weighted by atomic mass is 10.2. The van der Waals surface area contributed by atoms with Gasteiger partial charge in [0.25, 0.3) is 11.7 Å². The third-order valence-corrected chi connectivity index (χ3v) is 6.03. The maximum absolute atomic E-state index is 13.2. The van der Waals surface area contributed by atoms with Crippen molar-refractivity contribution in [3.63, 3.8) is 0 Å². The Balaban J connectivity index is 1.58. The zero-order valence-corrected chi connectivity index (χ0v) is 16.2. The van der Waals surface area contributed by atoms with E-state index in [0.29, 0.717) is 22.8 Å². The summed E-state index contributed by atoms with van der Waals surface area (Å²) < 4.78 is 23.5. The Morgan fingerprint density at radius 3 is 2.73 bits per heavy atom. The van der Waals surface area contributed by atoms with Crippen LogP contribution in [0.3, 0.4) is 0 Å². The number of ether oxygens (including phenoxy) is 1. The molecule has 1 saturated heterocycles. The van der Waals surface area contributed by atoms with E-state index >= 15 is 0 Å². The standard InChI is InChI=1S/C20H14N4O5S/c25-18(19-22-14-6-2-1-5-13(14)20(26)29-19)15-9-17(28-12-10-30(27)11-12)23-24(15)16-7-3-4-8-21-16/h1-9,12H,10-11H2. The minimum atomic E-state index is -0.883. The number of pyridine rings is 1. The topological polar surface area (TPSA) is 117 Å². The van der Waals surface area contributed by atoms with Gasteiger partial charge in [0, 0.05) is 23.1 Å². The van der Waals surface area contributed by atoms with E-state index in [1.165, 1.54) is 10.7 Å². The van der Waals surface area contributed by atoms with E-state index in [1.54, 1.807) is 48.7 Å². The van der Waals surface area contributed by atoms with Crippen LogP contribution in [0.1, 0.15) is 16.4 Å². The quantitative estimate of drug-likeness (QED) is 0.444. The van der Waals surface area contributed by atoms with Gasteiger partial charge in [-0.15, -0.1) is 5.10 Å². The third-order valence-electron chi connectivity index (χ3n) is 4.55. The molecule has 1 aromatic carbocycles. The van der Waals surface area contributed by atoms with Crippen LogP contribution in [-0.2, 0) is 10.8 Å². The van der Waals surface area contributed by atoms with Gasteiger partial charge >= 0.3 is 5.63 Å². The number of nitrogens with zero attached hydrogens (tertiary/aromatic N) is 4. The summed E-state index contributed by atoms with van der Waals surface area (Å²) in [5.74, 6) is 0.418. The highest BCUT2D eigenvalue weighted by atomic mass is 32.2. The highest BCUT2D eigenvalue weighted by Gasteiger charge is 2.30. The van der Waals surface area contributed by atoms with E-state index in [1.807, 2.05) is 0 Å². The summed E-state index contributed by atoms with van der Waals surface area (Å²) in [5, 5.41) is 4.61. The van der Waals surface area contributed by atoms with Crippen LogP contribution in [0.2, 0.25) is 0 Å². The summed E-state index contributed by atoms with van der Waals surface area (Å²) in [6.07, 6.45) is 1.34. The van der Waals surface area contributed by atoms with Gasteiger partial charge in [0.1, 0.15) is 11.8 Å². The summed E-state index contributed by atoms with van der Waals surface area (Å²) in [7, 11) is -0.883. The van der Waals surface area contributed by atoms with Crippen molar-refractivity contribution in [2.45, 2.75) is 6.10 Å². The Morgan fingerprint density at radius 2 is 1.97 bits per heavy atom. The molecule has 10 heteroatoms. The third kappa shape index (κ3) is 3.30. The maximum Gasteiger partial charge on any atom is 0.347 e. The fourth-order valence-corrected chi connectivity index (χ4v) is 3.93. The maximum atomic E-state index is 13.2. The molecule has 0 saturated carbocycles. The van der Waals surface area contributed by atoms with Crippen molar-refractivity contribution in [3.8, 4) is 11.7 Å². The van der Waals surface area contributed by atoms with Gasteiger partial charge in [-0.2, -0.15) is 0 Å². The average molecular weight is 422 g/mol. The smallest absolute Gasteiger partial charge is 0.347 e. The predicted octanol–water partition coefficient (Wildman–Crippen LogP) is 1.51. The molecule has 1 fully saturated rings. The van der Waals surface area contributed by atoms with E-state index in [9.17, 15) is 13.8 Å². The number of para-hydroxylation sites is 1. The zero-order valence-electron chi connectivity index (χ0n) is 15.4. The summed E-state index contributed by atoms with van der Waals surface area (Å²) in [5.41, 5.74) is -0.217. The number of hydrogen-bond acceptors (Lipinski definition) is 8. The van der Waals surface area contributed by atoms with Crippen LogP contribution in [-0.4, -0.2) is 47.4 Å². The van der Waals surface area contributed by atoms with Crippen molar-refractivity contribution in [3.05, 3.63) is 76.7 Å². The van der Waals surface area contributed by atoms with Gasteiger partial charge < -0.3 is 9.15 Å². The number of rotatable bonds is 5. The van der Waals surface area contributed by atoms with Crippen LogP contribution in [0.4, 0.5) is 0 Å². The van der Waals surface area contributed by atoms with Gasteiger partial charge in [-0.3, -0.25) is 9.00 Å². The molecule has 0 aliphatic carbocycles. The molecule has 4 heterocycles. The van der Waals surface area contributed by atoms with Crippen molar-refractivity contribution in [2.24, 2.45) is 0 Å². The molecule has 9 nitrogen and oxygen atoms in total. The van der Waals surface area contributed by atoms with E-state index in [0.717, 1.165) is 0 Å².